The van der Waals surface area contributed by atoms with Gasteiger partial charge in [0.05, 0.1) is 17.8 Å². The number of aryl methyl sites for hydroxylation is 1. The Bertz CT molecular complexity index is 616. The average Bonchev–Trinajstić information content (AvgIpc) is 2.94. The van der Waals surface area contributed by atoms with Crippen molar-refractivity contribution in [3.63, 3.8) is 0 Å². The average molecular weight is 368 g/mol. The number of nitrogens with one attached hydrogen (secondary N) is 1. The van der Waals surface area contributed by atoms with Crippen LogP contribution in [0.25, 0.3) is 0 Å². The van der Waals surface area contributed by atoms with Gasteiger partial charge in [-0.05, 0) is 39.0 Å². The molecule has 1 fully saturated rings. The molecule has 4 atom stereocenters. The highest BCUT2D eigenvalue weighted by atomic mass is 32.1. The zero-order valence-corrected chi connectivity index (χ0v) is 16.2. The minimum absolute atomic E-state index is 0.149. The maximum atomic E-state index is 12.6. The van der Waals surface area contributed by atoms with E-state index in [2.05, 4.69) is 17.2 Å². The summed E-state index contributed by atoms with van der Waals surface area (Å²) >= 11 is 1.11. The lowest BCUT2D eigenvalue weighted by Crippen LogP contribution is -2.40. The maximum absolute atomic E-state index is 12.6. The first-order chi connectivity index (χ1) is 11.8. The van der Waals surface area contributed by atoms with Crippen LogP contribution in [0.15, 0.2) is 0 Å². The summed E-state index contributed by atoms with van der Waals surface area (Å²) in [5, 5.41) is 12.7. The van der Waals surface area contributed by atoms with Crippen molar-refractivity contribution < 1.29 is 19.4 Å². The molecule has 4 unspecified atom stereocenters. The van der Waals surface area contributed by atoms with Gasteiger partial charge in [-0.3, -0.25) is 4.79 Å². The van der Waals surface area contributed by atoms with Crippen molar-refractivity contribution >= 4 is 23.2 Å². The lowest BCUT2D eigenvalue weighted by Gasteiger charge is -2.30. The fourth-order valence-corrected chi connectivity index (χ4v) is 4.15. The molecule has 1 aromatic heterocycles. The predicted octanol–water partition coefficient (Wildman–Crippen LogP) is 3.70. The number of aromatic nitrogens is 1. The number of aromatic carboxylic acids is 1. The minimum atomic E-state index is -0.985. The van der Waals surface area contributed by atoms with Gasteiger partial charge in [-0.2, -0.15) is 0 Å². The molecule has 1 aromatic rings. The third kappa shape index (κ3) is 5.25. The first-order valence-corrected chi connectivity index (χ1v) is 9.79. The van der Waals surface area contributed by atoms with Crippen molar-refractivity contribution in [2.45, 2.75) is 78.0 Å². The number of hydrogen-bond acceptors (Lipinski definition) is 5. The highest BCUT2D eigenvalue weighted by Crippen LogP contribution is 2.27. The Labute approximate surface area is 153 Å². The molecule has 25 heavy (non-hydrogen) atoms. The normalized spacial score (nSPS) is 23.0. The number of amides is 1. The van der Waals surface area contributed by atoms with E-state index in [0.29, 0.717) is 23.0 Å². The van der Waals surface area contributed by atoms with Crippen LogP contribution in [0.3, 0.4) is 0 Å². The van der Waals surface area contributed by atoms with E-state index in [4.69, 9.17) is 9.84 Å². The van der Waals surface area contributed by atoms with Crippen LogP contribution in [-0.4, -0.2) is 34.2 Å². The molecule has 1 amide bonds. The third-order valence-electron chi connectivity index (χ3n) is 4.64. The van der Waals surface area contributed by atoms with E-state index in [9.17, 15) is 9.59 Å². The smallest absolute Gasteiger partial charge is 0.347 e. The summed E-state index contributed by atoms with van der Waals surface area (Å²) in [4.78, 5) is 28.2. The van der Waals surface area contributed by atoms with Crippen LogP contribution in [0, 0.1) is 12.8 Å². The third-order valence-corrected chi connectivity index (χ3v) is 5.97. The summed E-state index contributed by atoms with van der Waals surface area (Å²) in [5.41, 5.74) is 0.480. The molecule has 2 N–H and O–H groups in total. The SMILES string of the molecule is CCC(OC1CCCC(C)C1)C(=O)NC(C)c1nc(C)c(C(=O)O)s1. The topological polar surface area (TPSA) is 88.5 Å². The first kappa shape index (κ1) is 19.8. The van der Waals surface area contributed by atoms with E-state index < -0.39 is 12.1 Å². The molecule has 1 heterocycles. The Balaban J connectivity index is 1.96. The lowest BCUT2D eigenvalue weighted by molar-refractivity contribution is -0.139. The molecule has 1 aliphatic rings. The predicted molar refractivity (Wildman–Crippen MR) is 97.0 cm³/mol. The largest absolute Gasteiger partial charge is 0.477 e. The van der Waals surface area contributed by atoms with Gasteiger partial charge >= 0.3 is 5.97 Å². The molecular weight excluding hydrogens is 340 g/mol. The summed E-state index contributed by atoms with van der Waals surface area (Å²) in [5.74, 6) is -0.495. The molecule has 0 spiro atoms. The van der Waals surface area contributed by atoms with Crippen LogP contribution in [0.5, 0.6) is 0 Å². The van der Waals surface area contributed by atoms with E-state index in [1.54, 1.807) is 6.92 Å². The van der Waals surface area contributed by atoms with Gasteiger partial charge in [0.2, 0.25) is 5.91 Å². The zero-order chi connectivity index (χ0) is 18.6. The van der Waals surface area contributed by atoms with Crippen molar-refractivity contribution in [3.8, 4) is 0 Å². The molecular formula is C18H28N2O4S. The minimum Gasteiger partial charge on any atom is -0.477 e. The van der Waals surface area contributed by atoms with E-state index >= 15 is 0 Å². The standard InChI is InChI=1S/C18H28N2O4S/c1-5-14(24-13-8-6-7-10(2)9-13)16(21)19-12(4)17-20-11(3)15(25-17)18(22)23/h10,12-14H,5-9H2,1-4H3,(H,19,21)(H,22,23). The number of carbonyl (C=O) groups is 2. The number of rotatable bonds is 7. The lowest BCUT2D eigenvalue weighted by atomic mass is 9.88. The fraction of sp³-hybridized carbons (Fsp3) is 0.722. The molecule has 0 saturated heterocycles. The highest BCUT2D eigenvalue weighted by molar-refractivity contribution is 7.13. The molecule has 1 saturated carbocycles. The number of carbonyl (C=O) groups excluding carboxylic acids is 1. The molecule has 140 valence electrons. The fourth-order valence-electron chi connectivity index (χ4n) is 3.25. The van der Waals surface area contributed by atoms with Crippen molar-refractivity contribution in [3.05, 3.63) is 15.6 Å². The van der Waals surface area contributed by atoms with Crippen LogP contribution >= 0.6 is 11.3 Å². The Kier molecular flexibility index (Phi) is 6.95. The van der Waals surface area contributed by atoms with E-state index in [1.165, 1.54) is 6.42 Å². The molecule has 0 aliphatic heterocycles. The van der Waals surface area contributed by atoms with Gasteiger partial charge in [0.15, 0.2) is 0 Å². The summed E-state index contributed by atoms with van der Waals surface area (Å²) < 4.78 is 6.05. The second-order valence-electron chi connectivity index (χ2n) is 6.93. The number of carboxylic acid groups (broad SMARTS) is 1. The summed E-state index contributed by atoms with van der Waals surface area (Å²) in [6.45, 7) is 7.65. The van der Waals surface area contributed by atoms with Gasteiger partial charge < -0.3 is 15.2 Å². The monoisotopic (exact) mass is 368 g/mol. The van der Waals surface area contributed by atoms with Crippen LogP contribution in [-0.2, 0) is 9.53 Å². The number of thiazole rings is 1. The molecule has 1 aliphatic carbocycles. The Hall–Kier alpha value is -1.47. The molecule has 0 bridgehead atoms. The number of ether oxygens (including phenoxy) is 1. The maximum Gasteiger partial charge on any atom is 0.347 e. The van der Waals surface area contributed by atoms with Crippen molar-refractivity contribution in [1.82, 2.24) is 10.3 Å². The van der Waals surface area contributed by atoms with Gasteiger partial charge in [0.1, 0.15) is 16.0 Å². The van der Waals surface area contributed by atoms with Crippen molar-refractivity contribution in [2.75, 3.05) is 0 Å². The van der Waals surface area contributed by atoms with Gasteiger partial charge in [0.25, 0.3) is 0 Å². The Morgan fingerprint density at radius 3 is 2.72 bits per heavy atom. The van der Waals surface area contributed by atoms with Crippen LogP contribution in [0.1, 0.15) is 79.3 Å². The molecule has 6 nitrogen and oxygen atoms in total. The summed E-state index contributed by atoms with van der Waals surface area (Å²) in [7, 11) is 0. The van der Waals surface area contributed by atoms with Crippen LogP contribution in [0.2, 0.25) is 0 Å². The van der Waals surface area contributed by atoms with Gasteiger partial charge in [-0.1, -0.05) is 26.7 Å². The van der Waals surface area contributed by atoms with Crippen LogP contribution < -0.4 is 5.32 Å². The number of nitrogens with zero attached hydrogens (tertiary/aromatic N) is 1. The second kappa shape index (κ2) is 8.76. The Morgan fingerprint density at radius 2 is 2.16 bits per heavy atom. The van der Waals surface area contributed by atoms with Crippen molar-refractivity contribution in [1.29, 1.82) is 0 Å². The molecule has 0 radical (unpaired) electrons. The molecule has 7 heteroatoms. The van der Waals surface area contributed by atoms with E-state index in [1.807, 2.05) is 13.8 Å². The highest BCUT2D eigenvalue weighted by Gasteiger charge is 2.27. The van der Waals surface area contributed by atoms with E-state index in [0.717, 1.165) is 30.6 Å². The summed E-state index contributed by atoms with van der Waals surface area (Å²) in [6.07, 6.45) is 4.69. The summed E-state index contributed by atoms with van der Waals surface area (Å²) in [6, 6.07) is -0.341. The van der Waals surface area contributed by atoms with Crippen molar-refractivity contribution in [2.24, 2.45) is 5.92 Å². The van der Waals surface area contributed by atoms with Crippen LogP contribution in [0.4, 0.5) is 0 Å². The first-order valence-electron chi connectivity index (χ1n) is 8.98. The Morgan fingerprint density at radius 1 is 1.44 bits per heavy atom. The second-order valence-corrected chi connectivity index (χ2v) is 7.96. The van der Waals surface area contributed by atoms with Gasteiger partial charge in [-0.15, -0.1) is 11.3 Å². The van der Waals surface area contributed by atoms with E-state index in [-0.39, 0.29) is 22.9 Å². The van der Waals surface area contributed by atoms with Gasteiger partial charge in [0, 0.05) is 0 Å². The van der Waals surface area contributed by atoms with Gasteiger partial charge in [-0.25, -0.2) is 9.78 Å². The zero-order valence-electron chi connectivity index (χ0n) is 15.4. The molecule has 2 rings (SSSR count). The molecule has 0 aromatic carbocycles. The quantitative estimate of drug-likeness (QED) is 0.766. The number of carboxylic acids is 1. The number of hydrogen-bond donors (Lipinski definition) is 2.